The smallest absolute Gasteiger partial charge is 0.411 e. The molecule has 0 aliphatic rings. The van der Waals surface area contributed by atoms with Crippen molar-refractivity contribution >= 4 is 35.1 Å². The van der Waals surface area contributed by atoms with Crippen LogP contribution in [0.25, 0.3) is 0 Å². The van der Waals surface area contributed by atoms with Crippen molar-refractivity contribution in [1.82, 2.24) is 0 Å². The zero-order chi connectivity index (χ0) is 18.9. The van der Waals surface area contributed by atoms with Crippen LogP contribution in [-0.4, -0.2) is 24.4 Å². The first-order valence-electron chi connectivity index (χ1n) is 8.45. The van der Waals surface area contributed by atoms with Crippen LogP contribution in [0.2, 0.25) is 0 Å². The van der Waals surface area contributed by atoms with Gasteiger partial charge in [0, 0.05) is 16.3 Å². The summed E-state index contributed by atoms with van der Waals surface area (Å²) in [5, 5.41) is 5.49. The third kappa shape index (κ3) is 7.19. The molecule has 0 bridgehead atoms. The van der Waals surface area contributed by atoms with Crippen molar-refractivity contribution in [2.24, 2.45) is 5.92 Å². The van der Waals surface area contributed by atoms with Crippen molar-refractivity contribution in [3.63, 3.8) is 0 Å². The third-order valence-electron chi connectivity index (χ3n) is 3.33. The van der Waals surface area contributed by atoms with Gasteiger partial charge >= 0.3 is 6.09 Å². The van der Waals surface area contributed by atoms with E-state index in [1.165, 1.54) is 17.3 Å². The largest absolute Gasteiger partial charge is 0.449 e. The zero-order valence-electron chi connectivity index (χ0n) is 15.2. The minimum absolute atomic E-state index is 0.102. The van der Waals surface area contributed by atoms with Crippen LogP contribution in [-0.2, 0) is 9.53 Å². The first-order chi connectivity index (χ1) is 12.4. The average Bonchev–Trinajstić information content (AvgIpc) is 2.60. The molecule has 0 saturated carbocycles. The van der Waals surface area contributed by atoms with E-state index in [2.05, 4.69) is 10.6 Å². The van der Waals surface area contributed by atoms with E-state index >= 15 is 0 Å². The lowest BCUT2D eigenvalue weighted by molar-refractivity contribution is -0.113. The highest BCUT2D eigenvalue weighted by atomic mass is 32.2. The number of amides is 2. The molecule has 26 heavy (non-hydrogen) atoms. The molecule has 0 unspecified atom stereocenters. The second kappa shape index (κ2) is 9.87. The summed E-state index contributed by atoms with van der Waals surface area (Å²) in [5.41, 5.74) is 2.39. The number of hydrogen-bond acceptors (Lipinski definition) is 4. The van der Waals surface area contributed by atoms with Gasteiger partial charge in [-0.15, -0.1) is 11.8 Å². The Hall–Kier alpha value is -2.47. The summed E-state index contributed by atoms with van der Waals surface area (Å²) < 4.78 is 5.08. The topological polar surface area (TPSA) is 67.4 Å². The van der Waals surface area contributed by atoms with Gasteiger partial charge in [-0.25, -0.2) is 4.79 Å². The van der Waals surface area contributed by atoms with E-state index < -0.39 is 6.09 Å². The SMILES string of the molecule is Cc1ccc(SCC(=O)Nc2cccc(NC(=O)OCC(C)C)c2)cc1. The van der Waals surface area contributed by atoms with Crippen LogP contribution >= 0.6 is 11.8 Å². The molecular weight excluding hydrogens is 348 g/mol. The lowest BCUT2D eigenvalue weighted by Crippen LogP contribution is -2.17. The number of anilines is 2. The first kappa shape index (κ1) is 19.8. The molecule has 138 valence electrons. The highest BCUT2D eigenvalue weighted by Gasteiger charge is 2.07. The number of benzene rings is 2. The number of aryl methyl sites for hydroxylation is 1. The summed E-state index contributed by atoms with van der Waals surface area (Å²) in [6, 6.07) is 15.0. The van der Waals surface area contributed by atoms with Crippen molar-refractivity contribution in [1.29, 1.82) is 0 Å². The normalized spacial score (nSPS) is 10.5. The lowest BCUT2D eigenvalue weighted by atomic mass is 10.2. The molecular formula is C20H24N2O3S. The number of ether oxygens (including phenoxy) is 1. The van der Waals surface area contributed by atoms with E-state index in [1.54, 1.807) is 24.3 Å². The minimum atomic E-state index is -0.503. The number of rotatable bonds is 7. The third-order valence-corrected chi connectivity index (χ3v) is 4.34. The van der Waals surface area contributed by atoms with Gasteiger partial charge in [-0.3, -0.25) is 10.1 Å². The molecule has 0 aromatic heterocycles. The van der Waals surface area contributed by atoms with Crippen LogP contribution in [0.1, 0.15) is 19.4 Å². The van der Waals surface area contributed by atoms with Crippen LogP contribution in [0.5, 0.6) is 0 Å². The fourth-order valence-corrected chi connectivity index (χ4v) is 2.75. The van der Waals surface area contributed by atoms with Crippen LogP contribution in [0, 0.1) is 12.8 Å². The molecule has 0 atom stereocenters. The molecule has 0 fully saturated rings. The molecule has 0 heterocycles. The number of nitrogens with one attached hydrogen (secondary N) is 2. The number of carbonyl (C=O) groups excluding carboxylic acids is 2. The molecule has 2 N–H and O–H groups in total. The Balaban J connectivity index is 1.84. The molecule has 2 rings (SSSR count). The molecule has 2 aromatic rings. The second-order valence-electron chi connectivity index (χ2n) is 6.35. The van der Waals surface area contributed by atoms with Crippen molar-refractivity contribution in [3.05, 3.63) is 54.1 Å². The molecule has 0 saturated heterocycles. The van der Waals surface area contributed by atoms with Crippen molar-refractivity contribution in [2.45, 2.75) is 25.7 Å². The summed E-state index contributed by atoms with van der Waals surface area (Å²) in [4.78, 5) is 24.9. The monoisotopic (exact) mass is 372 g/mol. The van der Waals surface area contributed by atoms with Gasteiger partial charge in [0.1, 0.15) is 0 Å². The molecule has 2 amide bonds. The Morgan fingerprint density at radius 3 is 2.35 bits per heavy atom. The van der Waals surface area contributed by atoms with E-state index in [1.807, 2.05) is 45.0 Å². The lowest BCUT2D eigenvalue weighted by Gasteiger charge is -2.10. The van der Waals surface area contributed by atoms with E-state index in [9.17, 15) is 9.59 Å². The van der Waals surface area contributed by atoms with Gasteiger partial charge in [-0.2, -0.15) is 0 Å². The van der Waals surface area contributed by atoms with Crippen molar-refractivity contribution in [2.75, 3.05) is 23.0 Å². The maximum Gasteiger partial charge on any atom is 0.411 e. The predicted octanol–water partition coefficient (Wildman–Crippen LogP) is 4.93. The highest BCUT2D eigenvalue weighted by Crippen LogP contribution is 2.20. The number of hydrogen-bond donors (Lipinski definition) is 2. The van der Waals surface area contributed by atoms with E-state index in [0.29, 0.717) is 23.7 Å². The summed E-state index contributed by atoms with van der Waals surface area (Å²) >= 11 is 1.48. The fourth-order valence-electron chi connectivity index (χ4n) is 2.05. The summed E-state index contributed by atoms with van der Waals surface area (Å²) in [5.74, 6) is 0.490. The molecule has 5 nitrogen and oxygen atoms in total. The van der Waals surface area contributed by atoms with Gasteiger partial charge in [-0.1, -0.05) is 37.6 Å². The van der Waals surface area contributed by atoms with E-state index in [4.69, 9.17) is 4.74 Å². The standard InChI is InChI=1S/C20H24N2O3S/c1-14(2)12-25-20(24)22-17-6-4-5-16(11-17)21-19(23)13-26-18-9-7-15(3)8-10-18/h4-11,14H,12-13H2,1-3H3,(H,21,23)(H,22,24). The summed E-state index contributed by atoms with van der Waals surface area (Å²) in [6.45, 7) is 6.33. The second-order valence-corrected chi connectivity index (χ2v) is 7.40. The number of thioether (sulfide) groups is 1. The van der Waals surface area contributed by atoms with Crippen LogP contribution in [0.15, 0.2) is 53.4 Å². The van der Waals surface area contributed by atoms with Gasteiger partial charge in [0.15, 0.2) is 0 Å². The zero-order valence-corrected chi connectivity index (χ0v) is 16.1. The minimum Gasteiger partial charge on any atom is -0.449 e. The first-order valence-corrected chi connectivity index (χ1v) is 9.44. The molecule has 0 aliphatic heterocycles. The van der Waals surface area contributed by atoms with Crippen LogP contribution in [0.4, 0.5) is 16.2 Å². The number of carbonyl (C=O) groups is 2. The van der Waals surface area contributed by atoms with Gasteiger partial charge in [0.05, 0.1) is 12.4 Å². The van der Waals surface area contributed by atoms with Crippen LogP contribution in [0.3, 0.4) is 0 Å². The Labute approximate surface area is 158 Å². The quantitative estimate of drug-likeness (QED) is 0.676. The maximum absolute atomic E-state index is 12.1. The van der Waals surface area contributed by atoms with Gasteiger partial charge in [0.2, 0.25) is 5.91 Å². The molecule has 0 spiro atoms. The average molecular weight is 372 g/mol. The van der Waals surface area contributed by atoms with Crippen molar-refractivity contribution in [3.8, 4) is 0 Å². The fraction of sp³-hybridized carbons (Fsp3) is 0.300. The predicted molar refractivity (Wildman–Crippen MR) is 107 cm³/mol. The Kier molecular flexibility index (Phi) is 7.53. The van der Waals surface area contributed by atoms with Crippen molar-refractivity contribution < 1.29 is 14.3 Å². The molecule has 0 aliphatic carbocycles. The Morgan fingerprint density at radius 2 is 1.69 bits per heavy atom. The Bertz CT molecular complexity index is 745. The highest BCUT2D eigenvalue weighted by molar-refractivity contribution is 8.00. The van der Waals surface area contributed by atoms with E-state index in [-0.39, 0.29) is 11.8 Å². The van der Waals surface area contributed by atoms with Gasteiger partial charge in [0.25, 0.3) is 0 Å². The Morgan fingerprint density at radius 1 is 1.04 bits per heavy atom. The van der Waals surface area contributed by atoms with Crippen LogP contribution < -0.4 is 10.6 Å². The summed E-state index contributed by atoms with van der Waals surface area (Å²) in [6.07, 6.45) is -0.503. The van der Waals surface area contributed by atoms with E-state index in [0.717, 1.165) is 4.90 Å². The molecule has 0 radical (unpaired) electrons. The summed E-state index contributed by atoms with van der Waals surface area (Å²) in [7, 11) is 0. The van der Waals surface area contributed by atoms with Gasteiger partial charge < -0.3 is 10.1 Å². The van der Waals surface area contributed by atoms with Gasteiger partial charge in [-0.05, 0) is 43.2 Å². The molecule has 2 aromatic carbocycles. The maximum atomic E-state index is 12.1. The molecule has 6 heteroatoms.